The van der Waals surface area contributed by atoms with Gasteiger partial charge in [0.25, 0.3) is 0 Å². The monoisotopic (exact) mass is 194 g/mol. The van der Waals surface area contributed by atoms with E-state index in [1.807, 2.05) is 0 Å². The Morgan fingerprint density at radius 2 is 0.929 bits per heavy atom. The van der Waals surface area contributed by atoms with Crippen molar-refractivity contribution in [1.29, 1.82) is 0 Å². The second-order valence-electron chi connectivity index (χ2n) is 3.19. The van der Waals surface area contributed by atoms with E-state index >= 15 is 0 Å². The van der Waals surface area contributed by atoms with Crippen LogP contribution in [0.1, 0.15) is 53.4 Å². The molecule has 0 unspecified atom stereocenters. The summed E-state index contributed by atoms with van der Waals surface area (Å²) in [5.74, 6) is 0. The summed E-state index contributed by atoms with van der Waals surface area (Å²) in [7, 11) is 0. The number of rotatable bonds is 0. The Labute approximate surface area is 90.4 Å². The van der Waals surface area contributed by atoms with Gasteiger partial charge in [-0.2, -0.15) is 0 Å². The highest BCUT2D eigenvalue weighted by atomic mass is 13.9. The van der Waals surface area contributed by atoms with E-state index in [-0.39, 0.29) is 14.9 Å². The summed E-state index contributed by atoms with van der Waals surface area (Å²) in [6.45, 7) is 0. The molecular weight excluding hydrogens is 168 g/mol. The van der Waals surface area contributed by atoms with Crippen LogP contribution in [0.4, 0.5) is 0 Å². The Morgan fingerprint density at radius 1 is 0.500 bits per heavy atom. The summed E-state index contributed by atoms with van der Waals surface area (Å²) in [5, 5.41) is 0. The molecule has 0 aromatic carbocycles. The van der Waals surface area contributed by atoms with Gasteiger partial charge in [0.1, 0.15) is 0 Å². The van der Waals surface area contributed by atoms with Gasteiger partial charge in [0.05, 0.1) is 0 Å². The van der Waals surface area contributed by atoms with Gasteiger partial charge in [-0.15, -0.1) is 0 Å². The zero-order valence-electron chi connectivity index (χ0n) is 7.71. The van der Waals surface area contributed by atoms with E-state index in [1.54, 1.807) is 0 Å². The van der Waals surface area contributed by atoms with Crippen molar-refractivity contribution in [3.05, 3.63) is 36.5 Å². The van der Waals surface area contributed by atoms with E-state index in [0.29, 0.717) is 0 Å². The summed E-state index contributed by atoms with van der Waals surface area (Å²) in [4.78, 5) is 0. The first-order valence-electron chi connectivity index (χ1n) is 4.97. The third kappa shape index (κ3) is 9.31. The van der Waals surface area contributed by atoms with Crippen LogP contribution in [0.5, 0.6) is 0 Å². The molecular formula is C14H26. The molecule has 0 heteroatoms. The van der Waals surface area contributed by atoms with E-state index in [4.69, 9.17) is 0 Å². The number of hydrogen-bond donors (Lipinski definition) is 0. The van der Waals surface area contributed by atoms with Crippen LogP contribution in [-0.2, 0) is 0 Å². The molecule has 0 N–H and O–H groups in total. The Morgan fingerprint density at radius 3 is 1.07 bits per heavy atom. The largest absolute Gasteiger partial charge is 0.0885 e. The Balaban J connectivity index is 0. The highest BCUT2D eigenvalue weighted by molar-refractivity contribution is 5.07. The first kappa shape index (κ1) is 15.7. The molecule has 2 aliphatic rings. The summed E-state index contributed by atoms with van der Waals surface area (Å²) in [6.07, 6.45) is 21.0. The maximum atomic E-state index is 2.27. The van der Waals surface area contributed by atoms with Crippen molar-refractivity contribution < 1.29 is 0 Å². The fourth-order valence-corrected chi connectivity index (χ4v) is 1.30. The molecule has 14 heavy (non-hydrogen) atoms. The minimum absolute atomic E-state index is 0. The van der Waals surface area contributed by atoms with Crippen LogP contribution >= 0.6 is 0 Å². The van der Waals surface area contributed by atoms with Crippen molar-refractivity contribution in [3.8, 4) is 0 Å². The lowest BCUT2D eigenvalue weighted by Crippen LogP contribution is -1.77. The van der Waals surface area contributed by atoms with Crippen molar-refractivity contribution in [3.63, 3.8) is 0 Å². The molecule has 0 atom stereocenters. The van der Waals surface area contributed by atoms with Crippen LogP contribution in [-0.4, -0.2) is 0 Å². The lowest BCUT2D eigenvalue weighted by Gasteiger charge is -1.97. The highest BCUT2D eigenvalue weighted by Crippen LogP contribution is 2.07. The molecule has 0 saturated heterocycles. The fourth-order valence-electron chi connectivity index (χ4n) is 1.30. The molecule has 0 bridgehead atoms. The topological polar surface area (TPSA) is 0 Å². The van der Waals surface area contributed by atoms with Gasteiger partial charge in [0, 0.05) is 0 Å². The van der Waals surface area contributed by atoms with Crippen LogP contribution in [0.15, 0.2) is 36.5 Å². The molecule has 0 aromatic heterocycles. The SMILES string of the molecule is C.C.C1=CCCC=C1.C1=CCCCC1. The molecule has 0 nitrogen and oxygen atoms in total. The van der Waals surface area contributed by atoms with Gasteiger partial charge in [-0.1, -0.05) is 51.3 Å². The van der Waals surface area contributed by atoms with E-state index in [9.17, 15) is 0 Å². The Kier molecular flexibility index (Phi) is 13.7. The van der Waals surface area contributed by atoms with Crippen LogP contribution in [0.25, 0.3) is 0 Å². The smallest absolute Gasteiger partial charge is 0.0313 e. The van der Waals surface area contributed by atoms with Crippen molar-refractivity contribution in [2.75, 3.05) is 0 Å². The van der Waals surface area contributed by atoms with Gasteiger partial charge in [-0.3, -0.25) is 0 Å². The van der Waals surface area contributed by atoms with Gasteiger partial charge in [-0.05, 0) is 38.5 Å². The fraction of sp³-hybridized carbons (Fsp3) is 0.571. The molecule has 82 valence electrons. The molecule has 2 rings (SSSR count). The molecule has 2 aliphatic carbocycles. The molecule has 0 saturated carbocycles. The predicted octanol–water partition coefficient (Wildman–Crippen LogP) is 5.28. The second-order valence-corrected chi connectivity index (χ2v) is 3.19. The number of hydrogen-bond acceptors (Lipinski definition) is 0. The average molecular weight is 194 g/mol. The Hall–Kier alpha value is -0.780. The average Bonchev–Trinajstić information content (AvgIpc) is 2.24. The summed E-state index contributed by atoms with van der Waals surface area (Å²) in [6, 6.07) is 0. The highest BCUT2D eigenvalue weighted by Gasteiger charge is 1.87. The van der Waals surface area contributed by atoms with Crippen LogP contribution in [0, 0.1) is 0 Å². The van der Waals surface area contributed by atoms with Gasteiger partial charge >= 0.3 is 0 Å². The molecule has 0 radical (unpaired) electrons. The van der Waals surface area contributed by atoms with E-state index in [0.717, 1.165) is 0 Å². The minimum atomic E-state index is 0. The third-order valence-electron chi connectivity index (χ3n) is 2.04. The van der Waals surface area contributed by atoms with E-state index < -0.39 is 0 Å². The molecule has 0 spiro atoms. The minimum Gasteiger partial charge on any atom is -0.0885 e. The van der Waals surface area contributed by atoms with Crippen molar-refractivity contribution in [2.24, 2.45) is 0 Å². The van der Waals surface area contributed by atoms with Crippen LogP contribution in [0.2, 0.25) is 0 Å². The molecule has 0 heterocycles. The van der Waals surface area contributed by atoms with Crippen LogP contribution in [0.3, 0.4) is 0 Å². The first-order chi connectivity index (χ1) is 6.00. The van der Waals surface area contributed by atoms with Crippen LogP contribution < -0.4 is 0 Å². The maximum Gasteiger partial charge on any atom is -0.0313 e. The third-order valence-corrected chi connectivity index (χ3v) is 2.04. The molecule has 0 aromatic rings. The molecule has 0 aliphatic heterocycles. The van der Waals surface area contributed by atoms with Gasteiger partial charge in [0.15, 0.2) is 0 Å². The van der Waals surface area contributed by atoms with Gasteiger partial charge in [-0.25, -0.2) is 0 Å². The van der Waals surface area contributed by atoms with E-state index in [2.05, 4.69) is 36.5 Å². The summed E-state index contributed by atoms with van der Waals surface area (Å²) >= 11 is 0. The second kappa shape index (κ2) is 12.2. The predicted molar refractivity (Wildman–Crippen MR) is 68.6 cm³/mol. The van der Waals surface area contributed by atoms with E-state index in [1.165, 1.54) is 38.5 Å². The Bertz CT molecular complexity index is 152. The zero-order chi connectivity index (χ0) is 8.49. The first-order valence-corrected chi connectivity index (χ1v) is 4.97. The van der Waals surface area contributed by atoms with Gasteiger partial charge < -0.3 is 0 Å². The van der Waals surface area contributed by atoms with Crippen molar-refractivity contribution in [2.45, 2.75) is 53.4 Å². The quantitative estimate of drug-likeness (QED) is 0.460. The zero-order valence-corrected chi connectivity index (χ0v) is 7.71. The van der Waals surface area contributed by atoms with Gasteiger partial charge in [0.2, 0.25) is 0 Å². The summed E-state index contributed by atoms with van der Waals surface area (Å²) < 4.78 is 0. The molecule has 0 amide bonds. The van der Waals surface area contributed by atoms with Crippen molar-refractivity contribution >= 4 is 0 Å². The van der Waals surface area contributed by atoms with Crippen molar-refractivity contribution in [1.82, 2.24) is 0 Å². The lowest BCUT2D eigenvalue weighted by atomic mass is 10.1. The molecule has 0 fully saturated rings. The standard InChI is InChI=1S/C6H10.C6H8.2CH4/c2*1-2-4-6-5-3-1;;/h1-2H,3-6H2;1-4H,5-6H2;2*1H4. The maximum absolute atomic E-state index is 2.27. The lowest BCUT2D eigenvalue weighted by molar-refractivity contribution is 0.730. The summed E-state index contributed by atoms with van der Waals surface area (Å²) in [5.41, 5.74) is 0. The normalized spacial score (nSPS) is 17.1. The number of allylic oxidation sites excluding steroid dienone is 6.